The van der Waals surface area contributed by atoms with Gasteiger partial charge < -0.3 is 34.2 Å². The molecular weight excluding hydrogens is 682 g/mol. The number of likely N-dealkylation sites (N-methyl/N-ethyl adjacent to an activating group) is 1. The van der Waals surface area contributed by atoms with Gasteiger partial charge in [-0.05, 0) is 51.8 Å². The number of aryl methyl sites for hydroxylation is 1. The molecule has 0 aromatic heterocycles. The predicted molar refractivity (Wildman–Crippen MR) is 187 cm³/mol. The highest BCUT2D eigenvalue weighted by Crippen LogP contribution is 2.49. The highest BCUT2D eigenvalue weighted by Gasteiger charge is 2.64. The number of esters is 1. The van der Waals surface area contributed by atoms with Gasteiger partial charge in [0.2, 0.25) is 11.5 Å². The van der Waals surface area contributed by atoms with Gasteiger partial charge in [0.15, 0.2) is 5.78 Å². The van der Waals surface area contributed by atoms with Crippen LogP contribution in [0.3, 0.4) is 0 Å². The summed E-state index contributed by atoms with van der Waals surface area (Å²) in [7, 11) is 1.27. The molecule has 278 valence electrons. The summed E-state index contributed by atoms with van der Waals surface area (Å²) in [6.07, 6.45) is 1.50. The lowest BCUT2D eigenvalue weighted by Crippen LogP contribution is -2.61. The smallest absolute Gasteiger partial charge is 0.409 e. The highest BCUT2D eigenvalue weighted by atomic mass is 35.5. The van der Waals surface area contributed by atoms with E-state index in [1.54, 1.807) is 45.9 Å². The largest absolute Gasteiger partial charge is 0.457 e. The SMILES string of the molecule is C/C1=C\C=C\[C@@H](C)[C@@]2(O)C[C@H](OC(=O)N2)[C@@H](C)C2O[C@@]2(C)[C@@H]2CC(=O)N(CC(=O)C(C)(O)C(=O)N(C)[C@@H](C)C(=O)O2)c2cc(cc(C)c2Cl)C1C. The number of alkyl carbamates (subject to hydrolysis) is 1. The fourth-order valence-electron chi connectivity index (χ4n) is 7.09. The maximum atomic E-state index is 14.5. The molecular formula is C37H48ClN3O10. The van der Waals surface area contributed by atoms with Crippen LogP contribution < -0.4 is 10.2 Å². The molecule has 5 rings (SSSR count). The monoisotopic (exact) mass is 729 g/mol. The lowest BCUT2D eigenvalue weighted by molar-refractivity contribution is -0.169. The van der Waals surface area contributed by atoms with Gasteiger partial charge in [-0.15, -0.1) is 0 Å². The Bertz CT molecular complexity index is 1710. The Kier molecular flexibility index (Phi) is 10.3. The molecule has 3 fully saturated rings. The topological polar surface area (TPSA) is 175 Å². The van der Waals surface area contributed by atoms with Crippen molar-refractivity contribution in [1.82, 2.24) is 10.2 Å². The Morgan fingerprint density at radius 1 is 1.00 bits per heavy atom. The summed E-state index contributed by atoms with van der Waals surface area (Å²) in [6.45, 7) is 12.6. The summed E-state index contributed by atoms with van der Waals surface area (Å²) in [5.74, 6) is -4.88. The van der Waals surface area contributed by atoms with Crippen molar-refractivity contribution in [3.05, 3.63) is 52.1 Å². The van der Waals surface area contributed by atoms with E-state index in [1.165, 1.54) is 14.0 Å². The van der Waals surface area contributed by atoms with Gasteiger partial charge in [0.25, 0.3) is 5.91 Å². The number of nitrogens with one attached hydrogen (secondary N) is 1. The number of halogens is 1. The number of nitrogens with zero attached hydrogens (tertiary/aromatic N) is 2. The first-order chi connectivity index (χ1) is 23.6. The van der Waals surface area contributed by atoms with Crippen LogP contribution in [0, 0.1) is 18.8 Å². The van der Waals surface area contributed by atoms with E-state index in [0.717, 1.165) is 27.9 Å². The number of amides is 3. The van der Waals surface area contributed by atoms with Crippen molar-refractivity contribution in [2.24, 2.45) is 11.8 Å². The van der Waals surface area contributed by atoms with Gasteiger partial charge >= 0.3 is 12.1 Å². The number of benzene rings is 1. The van der Waals surface area contributed by atoms with Crippen molar-refractivity contribution in [2.45, 2.75) is 115 Å². The van der Waals surface area contributed by atoms with E-state index in [0.29, 0.717) is 5.56 Å². The zero-order chi connectivity index (χ0) is 38.0. The first-order valence-corrected chi connectivity index (χ1v) is 17.6. The van der Waals surface area contributed by atoms with Gasteiger partial charge in [0.05, 0.1) is 29.8 Å². The van der Waals surface area contributed by atoms with Gasteiger partial charge in [0.1, 0.15) is 29.6 Å². The van der Waals surface area contributed by atoms with Gasteiger partial charge in [-0.3, -0.25) is 19.7 Å². The van der Waals surface area contributed by atoms with Crippen LogP contribution in [0.5, 0.6) is 0 Å². The third kappa shape index (κ3) is 7.05. The predicted octanol–water partition coefficient (Wildman–Crippen LogP) is 3.70. The minimum Gasteiger partial charge on any atom is -0.457 e. The summed E-state index contributed by atoms with van der Waals surface area (Å²) in [5.41, 5.74) is -3.06. The van der Waals surface area contributed by atoms with E-state index >= 15 is 0 Å². The molecule has 10 atom stereocenters. The number of epoxide rings is 1. The second-order valence-electron chi connectivity index (χ2n) is 15.0. The van der Waals surface area contributed by atoms with Crippen LogP contribution in [0.1, 0.15) is 78.4 Å². The summed E-state index contributed by atoms with van der Waals surface area (Å²) in [4.78, 5) is 70.3. The molecule has 4 aliphatic rings. The zero-order valence-electron chi connectivity index (χ0n) is 30.5. The molecule has 6 bridgehead atoms. The lowest BCUT2D eigenvalue weighted by Gasteiger charge is -2.41. The van der Waals surface area contributed by atoms with E-state index in [4.69, 9.17) is 25.8 Å². The second-order valence-corrected chi connectivity index (χ2v) is 15.3. The van der Waals surface area contributed by atoms with Gasteiger partial charge in [-0.2, -0.15) is 0 Å². The van der Waals surface area contributed by atoms with Gasteiger partial charge in [-0.1, -0.05) is 62.2 Å². The molecule has 3 amide bonds. The average molecular weight is 730 g/mol. The Balaban J connectivity index is 1.70. The van der Waals surface area contributed by atoms with E-state index < -0.39 is 95.7 Å². The number of hydrogen-bond donors (Lipinski definition) is 3. The molecule has 0 spiro atoms. The van der Waals surface area contributed by atoms with E-state index in [9.17, 15) is 34.2 Å². The van der Waals surface area contributed by atoms with Crippen molar-refractivity contribution in [2.75, 3.05) is 18.5 Å². The number of ketones is 1. The zero-order valence-corrected chi connectivity index (χ0v) is 31.2. The Morgan fingerprint density at radius 2 is 1.67 bits per heavy atom. The number of anilines is 1. The second kappa shape index (κ2) is 13.6. The molecule has 4 heterocycles. The molecule has 1 aromatic carbocycles. The summed E-state index contributed by atoms with van der Waals surface area (Å²) < 4.78 is 17.8. The highest BCUT2D eigenvalue weighted by molar-refractivity contribution is 6.34. The normalized spacial score (nSPS) is 39.8. The molecule has 4 aliphatic heterocycles. The molecule has 13 nitrogen and oxygen atoms in total. The average Bonchev–Trinajstić information content (AvgIpc) is 3.76. The minimum atomic E-state index is -2.60. The third-order valence-corrected chi connectivity index (χ3v) is 11.8. The Morgan fingerprint density at radius 3 is 2.33 bits per heavy atom. The first-order valence-electron chi connectivity index (χ1n) is 17.2. The number of ether oxygens (including phenoxy) is 3. The molecule has 0 saturated carbocycles. The quantitative estimate of drug-likeness (QED) is 0.203. The lowest BCUT2D eigenvalue weighted by atomic mass is 9.82. The fourth-order valence-corrected chi connectivity index (χ4v) is 7.31. The number of rotatable bonds is 0. The van der Waals surface area contributed by atoms with E-state index in [1.807, 2.05) is 26.0 Å². The maximum absolute atomic E-state index is 14.5. The Labute approximate surface area is 302 Å². The van der Waals surface area contributed by atoms with Crippen LogP contribution >= 0.6 is 11.6 Å². The molecule has 51 heavy (non-hydrogen) atoms. The number of aliphatic hydroxyl groups is 2. The Hall–Kier alpha value is -3.78. The molecule has 0 radical (unpaired) electrons. The number of hydrogen-bond acceptors (Lipinski definition) is 10. The van der Waals surface area contributed by atoms with Gasteiger partial charge in [0, 0.05) is 31.2 Å². The molecule has 3 saturated heterocycles. The van der Waals surface area contributed by atoms with Crippen molar-refractivity contribution >= 4 is 46.9 Å². The molecule has 1 aromatic rings. The van der Waals surface area contributed by atoms with Crippen LogP contribution in [-0.2, 0) is 33.4 Å². The molecule has 0 aliphatic carbocycles. The number of allylic oxidation sites excluding steroid dienone is 3. The standard InChI is InChI=1S/C37H48ClN3O10/c1-18-11-10-12-20(3)37(48)16-26(49-34(46)39-37)22(5)31-36(8,51-31)28-15-29(43)41(25-14-24(21(18)4)13-19(2)30(25)38)17-27(42)35(7,47)33(45)40(9)23(6)32(44)50-28/h10-14,20-23,26,28,31,47-48H,15-17H2,1-9H3,(H,39,46)/b12-10+,18-11+/t20-,21?,22-,23+,26+,28+,31?,35?,36+,37+/m1/s1. The van der Waals surface area contributed by atoms with Crippen LogP contribution in [0.4, 0.5) is 10.5 Å². The molecule has 3 N–H and O–H groups in total. The van der Waals surface area contributed by atoms with Crippen LogP contribution in [0.2, 0.25) is 5.02 Å². The van der Waals surface area contributed by atoms with Crippen molar-refractivity contribution in [3.8, 4) is 0 Å². The number of Topliss-reactive ketones (excluding diaryl/α,β-unsaturated/α-hetero) is 1. The number of fused-ring (bicyclic) bond motifs is 10. The number of carbonyl (C=O) groups excluding carboxylic acids is 5. The summed E-state index contributed by atoms with van der Waals surface area (Å²) in [5, 5.41) is 25.7. The first kappa shape index (κ1) is 38.5. The molecule has 14 heteroatoms. The van der Waals surface area contributed by atoms with E-state index in [2.05, 4.69) is 5.32 Å². The van der Waals surface area contributed by atoms with Crippen molar-refractivity contribution < 1.29 is 48.4 Å². The van der Waals surface area contributed by atoms with Crippen LogP contribution in [-0.4, -0.2) is 99.6 Å². The van der Waals surface area contributed by atoms with Crippen molar-refractivity contribution in [1.29, 1.82) is 0 Å². The molecule has 3 unspecified atom stereocenters. The number of carbonyl (C=O) groups is 5. The van der Waals surface area contributed by atoms with Gasteiger partial charge in [-0.25, -0.2) is 9.59 Å². The third-order valence-electron chi connectivity index (χ3n) is 11.3. The van der Waals surface area contributed by atoms with E-state index in [-0.39, 0.29) is 23.0 Å². The summed E-state index contributed by atoms with van der Waals surface area (Å²) >= 11 is 6.86. The van der Waals surface area contributed by atoms with Crippen molar-refractivity contribution in [3.63, 3.8) is 0 Å². The van der Waals surface area contributed by atoms with Crippen LogP contribution in [0.15, 0.2) is 35.9 Å². The summed E-state index contributed by atoms with van der Waals surface area (Å²) in [6, 6.07) is 2.32. The maximum Gasteiger partial charge on any atom is 0.409 e. The fraction of sp³-hybridized carbons (Fsp3) is 0.595. The van der Waals surface area contributed by atoms with Crippen LogP contribution in [0.25, 0.3) is 0 Å². The minimum absolute atomic E-state index is 0.0210.